The molecule has 1 aliphatic carbocycles. The number of hydrogen-bond donors (Lipinski definition) is 1. The second kappa shape index (κ2) is 3.18. The van der Waals surface area contributed by atoms with E-state index in [1.807, 2.05) is 30.4 Å². The summed E-state index contributed by atoms with van der Waals surface area (Å²) in [6.07, 6.45) is 12.9. The number of carbonyl (C=O) groups excluding carboxylic acids is 1. The fourth-order valence-electron chi connectivity index (χ4n) is 1.64. The van der Waals surface area contributed by atoms with Gasteiger partial charge in [0.2, 0.25) is 0 Å². The van der Waals surface area contributed by atoms with E-state index in [1.165, 1.54) is 7.11 Å². The summed E-state index contributed by atoms with van der Waals surface area (Å²) in [4.78, 5) is 11.7. The summed E-state index contributed by atoms with van der Waals surface area (Å²) < 4.78 is 4.79. The van der Waals surface area contributed by atoms with Crippen LogP contribution in [0, 0.1) is 0 Å². The fraction of sp³-hybridized carbons (Fsp3) is 0.182. The number of nitrogens with one attached hydrogen (secondary N) is 1. The highest BCUT2D eigenvalue weighted by molar-refractivity contribution is 5.90. The molecule has 0 bridgehead atoms. The number of ether oxygens (including phenoxy) is 1. The molecule has 1 N–H and O–H groups in total. The molecule has 2 rings (SSSR count). The number of esters is 1. The van der Waals surface area contributed by atoms with Crippen LogP contribution in [0.3, 0.4) is 0 Å². The molecule has 1 unspecified atom stereocenters. The largest absolute Gasteiger partial charge is 0.467 e. The Balaban J connectivity index is 2.46. The van der Waals surface area contributed by atoms with E-state index in [9.17, 15) is 4.79 Å². The van der Waals surface area contributed by atoms with Crippen LogP contribution < -0.4 is 5.32 Å². The van der Waals surface area contributed by atoms with Crippen molar-refractivity contribution in [2.45, 2.75) is 5.54 Å². The van der Waals surface area contributed by atoms with Crippen molar-refractivity contribution in [3.63, 3.8) is 0 Å². The van der Waals surface area contributed by atoms with Crippen LogP contribution in [0.15, 0.2) is 48.2 Å². The third kappa shape index (κ3) is 1.09. The van der Waals surface area contributed by atoms with Crippen LogP contribution in [-0.4, -0.2) is 18.6 Å². The lowest BCUT2D eigenvalue weighted by atomic mass is 9.84. The van der Waals surface area contributed by atoms with Crippen LogP contribution in [-0.2, 0) is 9.53 Å². The molecule has 3 nitrogen and oxygen atoms in total. The third-order valence-corrected chi connectivity index (χ3v) is 2.38. The van der Waals surface area contributed by atoms with Crippen molar-refractivity contribution in [1.82, 2.24) is 5.32 Å². The average molecular weight is 189 g/mol. The first-order valence-electron chi connectivity index (χ1n) is 4.39. The van der Waals surface area contributed by atoms with Crippen molar-refractivity contribution in [3.05, 3.63) is 48.2 Å². The summed E-state index contributed by atoms with van der Waals surface area (Å²) in [5.74, 6) is -0.297. The molecule has 0 aromatic carbocycles. The first-order chi connectivity index (χ1) is 6.79. The maximum atomic E-state index is 11.7. The molecule has 1 aliphatic heterocycles. The first kappa shape index (κ1) is 8.81. The Labute approximate surface area is 82.4 Å². The van der Waals surface area contributed by atoms with Gasteiger partial charge >= 0.3 is 5.97 Å². The molecule has 2 aliphatic rings. The number of carbonyl (C=O) groups is 1. The van der Waals surface area contributed by atoms with E-state index in [0.29, 0.717) is 0 Å². The quantitative estimate of drug-likeness (QED) is 0.627. The minimum atomic E-state index is -0.821. The zero-order valence-electron chi connectivity index (χ0n) is 7.86. The minimum Gasteiger partial charge on any atom is -0.467 e. The molecule has 3 heteroatoms. The first-order valence-corrected chi connectivity index (χ1v) is 4.39. The highest BCUT2D eigenvalue weighted by Crippen LogP contribution is 2.27. The maximum absolute atomic E-state index is 11.7. The molecule has 0 amide bonds. The molecular weight excluding hydrogens is 178 g/mol. The summed E-state index contributed by atoms with van der Waals surface area (Å²) >= 11 is 0. The molecule has 0 aromatic heterocycles. The Morgan fingerprint density at radius 1 is 1.43 bits per heavy atom. The molecular formula is C11H11NO2. The van der Waals surface area contributed by atoms with E-state index >= 15 is 0 Å². The predicted octanol–water partition coefficient (Wildman–Crippen LogP) is 1.07. The Bertz CT molecular complexity index is 377. The monoisotopic (exact) mass is 189 g/mol. The van der Waals surface area contributed by atoms with Crippen LogP contribution >= 0.6 is 0 Å². The Hall–Kier alpha value is -1.77. The van der Waals surface area contributed by atoms with Crippen molar-refractivity contribution in [3.8, 4) is 0 Å². The van der Waals surface area contributed by atoms with Crippen molar-refractivity contribution in [1.29, 1.82) is 0 Å². The van der Waals surface area contributed by atoms with E-state index in [-0.39, 0.29) is 5.97 Å². The second-order valence-electron chi connectivity index (χ2n) is 3.14. The van der Waals surface area contributed by atoms with E-state index in [2.05, 4.69) is 5.32 Å². The Kier molecular flexibility index (Phi) is 2.00. The standard InChI is InChI=1S/C11H11NO2/c1-14-10(13)11-7-3-2-5-9(11)6-4-8-12-11/h2-8,12H,1H3. The van der Waals surface area contributed by atoms with Gasteiger partial charge in [0.05, 0.1) is 7.11 Å². The van der Waals surface area contributed by atoms with Gasteiger partial charge in [0.25, 0.3) is 0 Å². The van der Waals surface area contributed by atoms with Crippen LogP contribution in [0.5, 0.6) is 0 Å². The normalized spacial score (nSPS) is 27.6. The Morgan fingerprint density at radius 2 is 2.29 bits per heavy atom. The maximum Gasteiger partial charge on any atom is 0.340 e. The van der Waals surface area contributed by atoms with Gasteiger partial charge in [-0.25, -0.2) is 4.79 Å². The zero-order valence-corrected chi connectivity index (χ0v) is 7.86. The summed E-state index contributed by atoms with van der Waals surface area (Å²) in [6, 6.07) is 0. The molecule has 1 heterocycles. The van der Waals surface area contributed by atoms with Gasteiger partial charge in [0.1, 0.15) is 0 Å². The topological polar surface area (TPSA) is 38.3 Å². The number of hydrogen-bond acceptors (Lipinski definition) is 3. The molecule has 0 aromatic rings. The Morgan fingerprint density at radius 3 is 3.07 bits per heavy atom. The highest BCUT2D eigenvalue weighted by Gasteiger charge is 2.40. The molecule has 0 saturated carbocycles. The van der Waals surface area contributed by atoms with Gasteiger partial charge < -0.3 is 10.1 Å². The van der Waals surface area contributed by atoms with Gasteiger partial charge in [0, 0.05) is 0 Å². The minimum absolute atomic E-state index is 0.297. The number of fused-ring (bicyclic) bond motifs is 1. The van der Waals surface area contributed by atoms with E-state index in [1.54, 1.807) is 12.3 Å². The van der Waals surface area contributed by atoms with Crippen molar-refractivity contribution >= 4 is 5.97 Å². The highest BCUT2D eigenvalue weighted by atomic mass is 16.5. The smallest absolute Gasteiger partial charge is 0.340 e. The van der Waals surface area contributed by atoms with Gasteiger partial charge in [-0.05, 0) is 23.9 Å². The predicted molar refractivity (Wildman–Crippen MR) is 53.4 cm³/mol. The summed E-state index contributed by atoms with van der Waals surface area (Å²) in [6.45, 7) is 0. The average Bonchev–Trinajstić information content (AvgIpc) is 2.28. The lowest BCUT2D eigenvalue weighted by molar-refractivity contribution is -0.144. The second-order valence-corrected chi connectivity index (χ2v) is 3.14. The molecule has 72 valence electrons. The summed E-state index contributed by atoms with van der Waals surface area (Å²) in [5.41, 5.74) is 0.0764. The van der Waals surface area contributed by atoms with Crippen LogP contribution in [0.1, 0.15) is 0 Å². The third-order valence-electron chi connectivity index (χ3n) is 2.38. The van der Waals surface area contributed by atoms with Crippen molar-refractivity contribution in [2.75, 3.05) is 7.11 Å². The van der Waals surface area contributed by atoms with Crippen molar-refractivity contribution in [2.24, 2.45) is 0 Å². The number of dihydropyridines is 1. The van der Waals surface area contributed by atoms with Crippen LogP contribution in [0.2, 0.25) is 0 Å². The van der Waals surface area contributed by atoms with Crippen molar-refractivity contribution < 1.29 is 9.53 Å². The van der Waals surface area contributed by atoms with Crippen LogP contribution in [0.4, 0.5) is 0 Å². The molecule has 0 radical (unpaired) electrons. The van der Waals surface area contributed by atoms with Gasteiger partial charge in [-0.15, -0.1) is 0 Å². The van der Waals surface area contributed by atoms with Gasteiger partial charge in [-0.1, -0.05) is 24.3 Å². The van der Waals surface area contributed by atoms with Gasteiger partial charge in [0.15, 0.2) is 5.54 Å². The lowest BCUT2D eigenvalue weighted by Crippen LogP contribution is -2.51. The van der Waals surface area contributed by atoms with Gasteiger partial charge in [-0.3, -0.25) is 0 Å². The SMILES string of the molecule is COC(=O)C12C=CC=CC1=CC=CN2. The molecule has 0 fully saturated rings. The molecule has 0 saturated heterocycles. The summed E-state index contributed by atoms with van der Waals surface area (Å²) in [5, 5.41) is 3.02. The van der Waals surface area contributed by atoms with E-state index in [0.717, 1.165) is 5.57 Å². The fourth-order valence-corrected chi connectivity index (χ4v) is 1.64. The van der Waals surface area contributed by atoms with E-state index in [4.69, 9.17) is 4.74 Å². The lowest BCUT2D eigenvalue weighted by Gasteiger charge is -2.32. The van der Waals surface area contributed by atoms with Gasteiger partial charge in [-0.2, -0.15) is 0 Å². The number of rotatable bonds is 1. The van der Waals surface area contributed by atoms with E-state index < -0.39 is 5.54 Å². The number of methoxy groups -OCH3 is 1. The molecule has 1 atom stereocenters. The molecule has 14 heavy (non-hydrogen) atoms. The molecule has 0 spiro atoms. The van der Waals surface area contributed by atoms with Crippen LogP contribution in [0.25, 0.3) is 0 Å². The number of allylic oxidation sites excluding steroid dienone is 4. The zero-order chi connectivity index (χ0) is 10.0. The summed E-state index contributed by atoms with van der Waals surface area (Å²) in [7, 11) is 1.39.